The van der Waals surface area contributed by atoms with E-state index in [1.54, 1.807) is 67.1 Å². The van der Waals surface area contributed by atoms with Gasteiger partial charge in [0.15, 0.2) is 0 Å². The van der Waals surface area contributed by atoms with Gasteiger partial charge < -0.3 is 15.4 Å². The third-order valence-corrected chi connectivity index (χ3v) is 5.97. The second kappa shape index (κ2) is 9.75. The molecule has 174 valence electrons. The van der Waals surface area contributed by atoms with Crippen molar-refractivity contribution in [2.24, 2.45) is 0 Å². The average Bonchev–Trinajstić information content (AvgIpc) is 3.29. The number of hydrogen-bond donors (Lipinski definition) is 2. The number of anilines is 2. The minimum atomic E-state index is -0.583. The Bertz CT molecular complexity index is 1500. The summed E-state index contributed by atoms with van der Waals surface area (Å²) >= 11 is 1.22. The zero-order chi connectivity index (χ0) is 24.2. The fourth-order valence-corrected chi connectivity index (χ4v) is 4.44. The van der Waals surface area contributed by atoms with Crippen molar-refractivity contribution in [3.8, 4) is 5.75 Å². The second-order valence-electron chi connectivity index (χ2n) is 7.56. The maximum Gasteiger partial charge on any atom is 0.332 e. The summed E-state index contributed by atoms with van der Waals surface area (Å²) in [6.07, 6.45) is 0. The molecule has 0 unspecified atom stereocenters. The molecular weight excluding hydrogens is 456 g/mol. The van der Waals surface area contributed by atoms with Gasteiger partial charge in [-0.25, -0.2) is 4.79 Å². The van der Waals surface area contributed by atoms with E-state index in [0.717, 1.165) is 10.1 Å². The Hall–Kier alpha value is -4.18. The lowest BCUT2D eigenvalue weighted by atomic mass is 10.2. The zero-order valence-corrected chi connectivity index (χ0v) is 19.3. The maximum absolute atomic E-state index is 13.3. The van der Waals surface area contributed by atoms with Crippen LogP contribution in [0.15, 0.2) is 69.6 Å². The van der Waals surface area contributed by atoms with Gasteiger partial charge >= 0.3 is 5.69 Å². The summed E-state index contributed by atoms with van der Waals surface area (Å²) in [5.41, 5.74) is 1.15. The number of thiophene rings is 1. The van der Waals surface area contributed by atoms with Gasteiger partial charge in [0.1, 0.15) is 17.0 Å². The molecule has 9 nitrogen and oxygen atoms in total. The Labute approximate surface area is 198 Å². The van der Waals surface area contributed by atoms with Crippen LogP contribution < -0.4 is 26.6 Å². The van der Waals surface area contributed by atoms with E-state index < -0.39 is 17.2 Å². The van der Waals surface area contributed by atoms with Crippen molar-refractivity contribution in [1.29, 1.82) is 0 Å². The van der Waals surface area contributed by atoms with Crippen molar-refractivity contribution in [2.45, 2.75) is 20.0 Å². The van der Waals surface area contributed by atoms with Crippen LogP contribution in [-0.4, -0.2) is 28.1 Å². The molecule has 2 N–H and O–H groups in total. The molecule has 2 aromatic carbocycles. The number of nitrogens with one attached hydrogen (secondary N) is 2. The molecule has 2 heterocycles. The highest BCUT2D eigenvalue weighted by atomic mass is 32.1. The van der Waals surface area contributed by atoms with E-state index in [-0.39, 0.29) is 19.0 Å². The largest absolute Gasteiger partial charge is 0.497 e. The summed E-state index contributed by atoms with van der Waals surface area (Å²) in [5, 5.41) is 7.10. The van der Waals surface area contributed by atoms with Crippen molar-refractivity contribution in [1.82, 2.24) is 9.13 Å². The van der Waals surface area contributed by atoms with Crippen LogP contribution in [0.5, 0.6) is 5.75 Å². The molecule has 0 fully saturated rings. The van der Waals surface area contributed by atoms with E-state index in [4.69, 9.17) is 4.74 Å². The van der Waals surface area contributed by atoms with Crippen LogP contribution in [0.3, 0.4) is 0 Å². The summed E-state index contributed by atoms with van der Waals surface area (Å²) in [7, 11) is 1.54. The molecule has 0 aliphatic rings. The standard InChI is InChI=1S/C24H22N4O5S/c1-15(29)25-17-6-4-7-18(12-17)26-21(30)14-27-20-9-10-34-22(20)23(31)28(24(27)32)13-16-5-3-8-19(11-16)33-2/h3-12H,13-14H2,1-2H3,(H,25,29)(H,26,30). The topological polar surface area (TPSA) is 111 Å². The first-order valence-electron chi connectivity index (χ1n) is 10.4. The molecule has 0 saturated carbocycles. The first-order chi connectivity index (χ1) is 16.4. The number of carbonyl (C=O) groups excluding carboxylic acids is 2. The van der Waals surface area contributed by atoms with Crippen LogP contribution in [-0.2, 0) is 22.7 Å². The molecule has 0 aliphatic heterocycles. The number of carbonyl (C=O) groups is 2. The SMILES string of the molecule is COc1cccc(Cn2c(=O)c3sccc3n(CC(=O)Nc3cccc(NC(C)=O)c3)c2=O)c1. The maximum atomic E-state index is 13.3. The Morgan fingerprint density at radius 2 is 1.71 bits per heavy atom. The molecule has 0 spiro atoms. The van der Waals surface area contributed by atoms with E-state index in [1.807, 2.05) is 0 Å². The summed E-state index contributed by atoms with van der Waals surface area (Å²) < 4.78 is 8.04. The van der Waals surface area contributed by atoms with Gasteiger partial charge in [0.05, 0.1) is 19.2 Å². The van der Waals surface area contributed by atoms with Gasteiger partial charge in [-0.3, -0.25) is 23.5 Å². The molecule has 2 amide bonds. The highest BCUT2D eigenvalue weighted by Gasteiger charge is 2.17. The number of methoxy groups -OCH3 is 1. The molecule has 34 heavy (non-hydrogen) atoms. The quantitative estimate of drug-likeness (QED) is 0.424. The van der Waals surface area contributed by atoms with Crippen molar-refractivity contribution in [2.75, 3.05) is 17.7 Å². The van der Waals surface area contributed by atoms with Gasteiger partial charge in [0.2, 0.25) is 11.8 Å². The van der Waals surface area contributed by atoms with Crippen LogP contribution >= 0.6 is 11.3 Å². The van der Waals surface area contributed by atoms with Gasteiger partial charge in [0, 0.05) is 18.3 Å². The summed E-state index contributed by atoms with van der Waals surface area (Å²) in [6, 6.07) is 15.5. The van der Waals surface area contributed by atoms with Crippen LogP contribution in [0.2, 0.25) is 0 Å². The lowest BCUT2D eigenvalue weighted by Crippen LogP contribution is -2.41. The molecule has 0 radical (unpaired) electrons. The number of fused-ring (bicyclic) bond motifs is 1. The van der Waals surface area contributed by atoms with Gasteiger partial charge in [-0.2, -0.15) is 0 Å². The smallest absolute Gasteiger partial charge is 0.332 e. The predicted molar refractivity (Wildman–Crippen MR) is 132 cm³/mol. The average molecular weight is 479 g/mol. The molecular formula is C24H22N4O5S. The van der Waals surface area contributed by atoms with Crippen LogP contribution in [0.4, 0.5) is 11.4 Å². The monoisotopic (exact) mass is 478 g/mol. The molecule has 10 heteroatoms. The summed E-state index contributed by atoms with van der Waals surface area (Å²) in [4.78, 5) is 50.4. The normalized spacial score (nSPS) is 10.8. The van der Waals surface area contributed by atoms with E-state index >= 15 is 0 Å². The molecule has 0 saturated heterocycles. The number of nitrogens with zero attached hydrogens (tertiary/aromatic N) is 2. The van der Waals surface area contributed by atoms with E-state index in [9.17, 15) is 19.2 Å². The Morgan fingerprint density at radius 1 is 0.971 bits per heavy atom. The first-order valence-corrected chi connectivity index (χ1v) is 11.2. The minimum absolute atomic E-state index is 0.0447. The molecule has 0 atom stereocenters. The Kier molecular flexibility index (Phi) is 6.60. The van der Waals surface area contributed by atoms with Gasteiger partial charge in [-0.15, -0.1) is 11.3 Å². The van der Waals surface area contributed by atoms with Gasteiger partial charge in [0.25, 0.3) is 5.56 Å². The number of aromatic nitrogens is 2. The summed E-state index contributed by atoms with van der Waals surface area (Å²) in [6.45, 7) is 1.15. The van der Waals surface area contributed by atoms with Crippen LogP contribution in [0, 0.1) is 0 Å². The third kappa shape index (κ3) is 4.91. The highest BCUT2D eigenvalue weighted by Crippen LogP contribution is 2.18. The third-order valence-electron chi connectivity index (χ3n) is 5.08. The zero-order valence-electron chi connectivity index (χ0n) is 18.5. The Balaban J connectivity index is 1.65. The van der Waals surface area contributed by atoms with Crippen LogP contribution in [0.1, 0.15) is 12.5 Å². The highest BCUT2D eigenvalue weighted by molar-refractivity contribution is 7.17. The van der Waals surface area contributed by atoms with Crippen LogP contribution in [0.25, 0.3) is 10.2 Å². The van der Waals surface area contributed by atoms with Crippen molar-refractivity contribution in [3.05, 3.63) is 86.4 Å². The fourth-order valence-electron chi connectivity index (χ4n) is 3.60. The minimum Gasteiger partial charge on any atom is -0.497 e. The number of rotatable bonds is 7. The van der Waals surface area contributed by atoms with E-state index in [2.05, 4.69) is 10.6 Å². The lowest BCUT2D eigenvalue weighted by Gasteiger charge is -2.13. The van der Waals surface area contributed by atoms with Gasteiger partial charge in [-0.05, 0) is 47.3 Å². The lowest BCUT2D eigenvalue weighted by molar-refractivity contribution is -0.117. The Morgan fingerprint density at radius 3 is 2.44 bits per heavy atom. The van der Waals surface area contributed by atoms with E-state index in [0.29, 0.717) is 27.3 Å². The molecule has 4 aromatic rings. The molecule has 4 rings (SSSR count). The molecule has 0 aliphatic carbocycles. The van der Waals surface area contributed by atoms with Crippen molar-refractivity contribution in [3.63, 3.8) is 0 Å². The fraction of sp³-hybridized carbons (Fsp3) is 0.167. The number of ether oxygens (including phenoxy) is 1. The number of amides is 2. The van der Waals surface area contributed by atoms with E-state index in [1.165, 1.54) is 22.8 Å². The number of benzene rings is 2. The second-order valence-corrected chi connectivity index (χ2v) is 8.47. The first kappa shape index (κ1) is 23.0. The van der Waals surface area contributed by atoms with Gasteiger partial charge in [-0.1, -0.05) is 18.2 Å². The molecule has 2 aromatic heterocycles. The molecule has 0 bridgehead atoms. The van der Waals surface area contributed by atoms with Crippen molar-refractivity contribution < 1.29 is 14.3 Å². The number of hydrogen-bond acceptors (Lipinski definition) is 6. The predicted octanol–water partition coefficient (Wildman–Crippen LogP) is 2.88. The summed E-state index contributed by atoms with van der Waals surface area (Å²) in [5.74, 6) is -0.0572. The van der Waals surface area contributed by atoms with Crippen molar-refractivity contribution >= 4 is 44.7 Å².